The quantitative estimate of drug-likeness (QED) is 0.00631. The SMILES string of the molecule is CC#N.CC(C)(CBr)COC(=O)C(C)(C)Oc1ccc(C(=O)c2ccc(Cl)cc2)cc1.CC(C)(CO)CBr.CC(C)(COC(=O)C(C)(C)Oc1ccc(C(=O)c2ccc(Cl)cc2)cc1)CO[N+](=O)[O-].CC(C)(COC(=O)C(C)(C)Oc1ccc(C(=O)c2ccc(Cl)cc2)cc1)CO[N+](=O)[O-].CC(C)(Oc1ccc(C(=O)c2ccc(Cl)cc2)cc1)C(=O)O.O=[N+]([O-])O.[Ag]. The van der Waals surface area contributed by atoms with Crippen LogP contribution in [0.15, 0.2) is 194 Å². The number of ketones is 4. The topological polar surface area (TPSA) is 434 Å². The van der Waals surface area contributed by atoms with Crippen LogP contribution in [0.1, 0.15) is 181 Å². The minimum atomic E-state index is -1.50. The maximum atomic E-state index is 12.5. The van der Waals surface area contributed by atoms with Crippen LogP contribution in [0.5, 0.6) is 23.0 Å². The van der Waals surface area contributed by atoms with Crippen molar-refractivity contribution in [3.05, 3.63) is 289 Å². The van der Waals surface area contributed by atoms with Crippen LogP contribution in [-0.4, -0.2) is 150 Å². The molecular formula is C90H102AgBr2Cl4N4O26. The van der Waals surface area contributed by atoms with E-state index >= 15 is 0 Å². The molecule has 8 aromatic rings. The van der Waals surface area contributed by atoms with E-state index in [4.69, 9.17) is 110 Å². The molecule has 30 nitrogen and oxygen atoms in total. The zero-order valence-corrected chi connectivity index (χ0v) is 80.4. The molecule has 0 atom stereocenters. The summed E-state index contributed by atoms with van der Waals surface area (Å²) in [6.07, 6.45) is 0. The molecule has 0 aliphatic rings. The van der Waals surface area contributed by atoms with Crippen molar-refractivity contribution in [1.29, 1.82) is 5.26 Å². The number of nitriles is 1. The number of hydrogen-bond donors (Lipinski definition) is 3. The summed E-state index contributed by atoms with van der Waals surface area (Å²) >= 11 is 30.0. The van der Waals surface area contributed by atoms with Gasteiger partial charge in [0.15, 0.2) is 45.5 Å². The predicted octanol–water partition coefficient (Wildman–Crippen LogP) is 20.1. The summed E-state index contributed by atoms with van der Waals surface area (Å²) in [5.41, 5.74) is -2.69. The van der Waals surface area contributed by atoms with Crippen molar-refractivity contribution in [3.63, 3.8) is 0 Å². The Morgan fingerprint density at radius 1 is 0.354 bits per heavy atom. The van der Waals surface area contributed by atoms with E-state index < -0.39 is 72.4 Å². The molecular weight excluding hydrogens is 1960 g/mol. The van der Waals surface area contributed by atoms with Crippen molar-refractivity contribution < 1.29 is 134 Å². The normalized spacial score (nSPS) is 11.0. The Bertz CT molecular complexity index is 4790. The molecule has 1 radical (unpaired) electrons. The minimum absolute atomic E-state index is 0. The van der Waals surface area contributed by atoms with Crippen molar-refractivity contribution >= 4 is 125 Å². The largest absolute Gasteiger partial charge is 0.478 e. The van der Waals surface area contributed by atoms with Gasteiger partial charge in [0.2, 0.25) is 0 Å². The fraction of sp³-hybridized carbons (Fsp3) is 0.367. The molecule has 127 heavy (non-hydrogen) atoms. The van der Waals surface area contributed by atoms with Crippen LogP contribution >= 0.6 is 78.3 Å². The van der Waals surface area contributed by atoms with E-state index in [1.54, 1.807) is 269 Å². The van der Waals surface area contributed by atoms with Crippen molar-refractivity contribution in [2.45, 2.75) is 140 Å². The van der Waals surface area contributed by atoms with E-state index in [1.165, 1.54) is 20.8 Å². The Balaban J connectivity index is 0.000000806. The van der Waals surface area contributed by atoms with Crippen molar-refractivity contribution in [3.8, 4) is 29.1 Å². The molecule has 3 N–H and O–H groups in total. The molecule has 0 amide bonds. The number of aliphatic hydroxyl groups is 1. The molecule has 8 rings (SSSR count). The molecule has 0 spiro atoms. The first-order chi connectivity index (χ1) is 58.4. The van der Waals surface area contributed by atoms with Gasteiger partial charge in [0.25, 0.3) is 15.3 Å². The number of carbonyl (C=O) groups is 8. The van der Waals surface area contributed by atoms with Gasteiger partial charge in [-0.3, -0.25) is 19.2 Å². The minimum Gasteiger partial charge on any atom is -0.478 e. The van der Waals surface area contributed by atoms with Crippen LogP contribution in [0.25, 0.3) is 0 Å². The number of rotatable bonds is 35. The summed E-state index contributed by atoms with van der Waals surface area (Å²) < 4.78 is 38.6. The van der Waals surface area contributed by atoms with Crippen LogP contribution in [-0.2, 0) is 65.4 Å². The summed E-state index contributed by atoms with van der Waals surface area (Å²) in [6.45, 7) is 28.5. The fourth-order valence-corrected chi connectivity index (χ4v) is 9.88. The number of alkyl halides is 2. The molecule has 691 valence electrons. The summed E-state index contributed by atoms with van der Waals surface area (Å²) in [6, 6.07) is 54.1. The molecule has 0 unspecified atom stereocenters. The summed E-state index contributed by atoms with van der Waals surface area (Å²) in [4.78, 5) is 136. The van der Waals surface area contributed by atoms with Gasteiger partial charge in [-0.1, -0.05) is 134 Å². The molecule has 8 aromatic carbocycles. The molecule has 37 heteroatoms. The van der Waals surface area contributed by atoms with Crippen LogP contribution < -0.4 is 18.9 Å². The van der Waals surface area contributed by atoms with Gasteiger partial charge in [-0.2, -0.15) is 5.26 Å². The Kier molecular flexibility index (Phi) is 48.0. The Morgan fingerprint density at radius 3 is 0.685 bits per heavy atom. The van der Waals surface area contributed by atoms with Gasteiger partial charge in [-0.05, 0) is 255 Å². The maximum absolute atomic E-state index is 12.5. The van der Waals surface area contributed by atoms with E-state index in [0.717, 1.165) is 10.7 Å². The van der Waals surface area contributed by atoms with E-state index in [9.17, 15) is 58.6 Å². The molecule has 0 bridgehead atoms. The van der Waals surface area contributed by atoms with Gasteiger partial charge in [0.1, 0.15) is 36.2 Å². The van der Waals surface area contributed by atoms with Gasteiger partial charge < -0.3 is 58.3 Å². The van der Waals surface area contributed by atoms with Crippen molar-refractivity contribution in [1.82, 2.24) is 0 Å². The first-order valence-electron chi connectivity index (χ1n) is 37.9. The predicted molar refractivity (Wildman–Crippen MR) is 480 cm³/mol. The average molecular weight is 2070 g/mol. The number of carboxylic acid groups (broad SMARTS) is 1. The van der Waals surface area contributed by atoms with Gasteiger partial charge in [-0.15, -0.1) is 30.3 Å². The number of carboxylic acids is 1. The molecule has 0 saturated carbocycles. The first kappa shape index (κ1) is 114. The third-order valence-corrected chi connectivity index (χ3v) is 20.5. The van der Waals surface area contributed by atoms with E-state index in [2.05, 4.69) is 41.5 Å². The van der Waals surface area contributed by atoms with Gasteiger partial charge in [0.05, 0.1) is 25.9 Å². The van der Waals surface area contributed by atoms with E-state index in [-0.39, 0.29) is 89.4 Å². The van der Waals surface area contributed by atoms with Crippen LogP contribution in [0.2, 0.25) is 20.1 Å². The summed E-state index contributed by atoms with van der Waals surface area (Å²) in [5.74, 6) is -1.73. The second-order valence-corrected chi connectivity index (χ2v) is 35.3. The number of ether oxygens (including phenoxy) is 7. The first-order valence-corrected chi connectivity index (χ1v) is 41.7. The Hall–Kier alpha value is -10.6. The zero-order chi connectivity index (χ0) is 95.9. The zero-order valence-electron chi connectivity index (χ0n) is 72.7. The number of halogens is 6. The van der Waals surface area contributed by atoms with Crippen LogP contribution in [0.4, 0.5) is 0 Å². The third kappa shape index (κ3) is 43.7. The van der Waals surface area contributed by atoms with E-state index in [1.807, 2.05) is 27.7 Å². The Morgan fingerprint density at radius 2 is 0.528 bits per heavy atom. The second kappa shape index (κ2) is 53.3. The summed E-state index contributed by atoms with van der Waals surface area (Å²) in [5, 5.41) is 61.2. The third-order valence-electron chi connectivity index (χ3n) is 16.4. The number of benzene rings is 8. The summed E-state index contributed by atoms with van der Waals surface area (Å²) in [7, 11) is 0. The van der Waals surface area contributed by atoms with Crippen LogP contribution in [0, 0.1) is 63.3 Å². The molecule has 0 aliphatic heterocycles. The number of nitrogens with zero attached hydrogens (tertiary/aromatic N) is 4. The van der Waals surface area contributed by atoms with Crippen molar-refractivity contribution in [2.75, 3.05) is 50.3 Å². The fourth-order valence-electron chi connectivity index (χ4n) is 9.04. The standard InChI is InChI=1S/C22H24BrClO4.2C22H24ClNO7.C17H15ClO4.C5H11BrO.C2H3N.Ag.HNO3/c1-21(2,13-23)14-27-20(26)22(3,4)28-18-11-7-16(8-12-18)19(25)15-5-9-17(24)10-6-15;2*1-21(2,14-30-24(27)28)13-29-20(26)22(3,4)31-18-11-7-16(8-12-18)19(25)15-5-9-17(23)10-6-15;1-17(2,16(20)21)22-14-9-5-12(6-10-14)15(19)11-3-7-13(18)8-4-11;1-5(2,3-6)4-7;1-2-3;;2-1(3)4/h5-12H,13-14H2,1-4H3;2*5-12H,13-14H2,1-4H3;3-10H,1-2H3,(H,20,21);7H,3-4H2,1-2H3;1H3;;(H,2,3,4). The number of esters is 3. The molecule has 0 heterocycles. The average Bonchev–Trinajstić information content (AvgIpc) is 0.841. The molecule has 0 fully saturated rings. The smallest absolute Gasteiger partial charge is 0.349 e. The number of carbonyl (C=O) groups excluding carboxylic acids is 7. The number of aliphatic hydroxyl groups excluding tert-OH is 1. The molecule has 0 aromatic heterocycles. The Labute approximate surface area is 789 Å². The second-order valence-electron chi connectivity index (χ2n) is 32.5. The van der Waals surface area contributed by atoms with Gasteiger partial charge >= 0.3 is 23.9 Å². The number of aliphatic carboxylic acids is 1. The van der Waals surface area contributed by atoms with Gasteiger partial charge in [-0.25, -0.2) is 19.2 Å². The van der Waals surface area contributed by atoms with Gasteiger partial charge in [0, 0.05) is 127 Å². The number of hydrogen-bond acceptors (Lipinski definition) is 25. The monoisotopic (exact) mass is 2060 g/mol. The van der Waals surface area contributed by atoms with E-state index in [0.29, 0.717) is 94.2 Å². The van der Waals surface area contributed by atoms with Crippen molar-refractivity contribution in [2.24, 2.45) is 21.7 Å². The maximum Gasteiger partial charge on any atom is 0.349 e. The van der Waals surface area contributed by atoms with Crippen LogP contribution in [0.3, 0.4) is 0 Å². The molecule has 0 saturated heterocycles. The molecule has 0 aliphatic carbocycles.